The van der Waals surface area contributed by atoms with E-state index in [9.17, 15) is 0 Å². The van der Waals surface area contributed by atoms with Crippen molar-refractivity contribution in [1.82, 2.24) is 19.1 Å². The number of rotatable bonds is 3. The molecule has 0 saturated heterocycles. The van der Waals surface area contributed by atoms with Crippen molar-refractivity contribution in [1.29, 1.82) is 0 Å². The molecule has 39 heavy (non-hydrogen) atoms. The van der Waals surface area contributed by atoms with Crippen LogP contribution in [-0.2, 0) is 7.05 Å². The summed E-state index contributed by atoms with van der Waals surface area (Å²) in [7, 11) is 2.09. The fourth-order valence-corrected chi connectivity index (χ4v) is 5.86. The molecule has 0 atom stereocenters. The molecule has 3 aromatic heterocycles. The SMILES string of the molecule is Cn1c(-c2ccc3c4cc5ccccc5cc4n(-c4cccc(-c5ccccn5)c4)c3c2)nc2ccccc21. The Morgan fingerprint density at radius 2 is 1.36 bits per heavy atom. The Morgan fingerprint density at radius 1 is 0.564 bits per heavy atom. The first-order valence-corrected chi connectivity index (χ1v) is 13.2. The largest absolute Gasteiger partial charge is 0.327 e. The van der Waals surface area contributed by atoms with Gasteiger partial charge in [-0.1, -0.05) is 66.7 Å². The number of hydrogen-bond acceptors (Lipinski definition) is 2. The van der Waals surface area contributed by atoms with Crippen molar-refractivity contribution in [3.8, 4) is 28.3 Å². The number of fused-ring (bicyclic) bond motifs is 5. The highest BCUT2D eigenvalue weighted by molar-refractivity contribution is 6.14. The van der Waals surface area contributed by atoms with E-state index in [-0.39, 0.29) is 0 Å². The lowest BCUT2D eigenvalue weighted by Crippen LogP contribution is -1.96. The molecule has 4 heteroatoms. The summed E-state index contributed by atoms with van der Waals surface area (Å²) in [5.74, 6) is 0.960. The van der Waals surface area contributed by atoms with Crippen molar-refractivity contribution in [2.75, 3.05) is 0 Å². The third kappa shape index (κ3) is 3.39. The van der Waals surface area contributed by atoms with Crippen molar-refractivity contribution in [3.05, 3.63) is 128 Å². The lowest BCUT2D eigenvalue weighted by molar-refractivity contribution is 0.959. The van der Waals surface area contributed by atoms with Gasteiger partial charge in [-0.25, -0.2) is 4.98 Å². The molecule has 0 spiro atoms. The van der Waals surface area contributed by atoms with Crippen LogP contribution in [-0.4, -0.2) is 19.1 Å². The molecule has 0 bridgehead atoms. The quantitative estimate of drug-likeness (QED) is 0.244. The minimum absolute atomic E-state index is 0.960. The Balaban J connectivity index is 1.44. The summed E-state index contributed by atoms with van der Waals surface area (Å²) in [5.41, 5.74) is 8.73. The van der Waals surface area contributed by atoms with Crippen LogP contribution in [0.4, 0.5) is 0 Å². The highest BCUT2D eigenvalue weighted by Crippen LogP contribution is 2.37. The average molecular weight is 501 g/mol. The van der Waals surface area contributed by atoms with Crippen molar-refractivity contribution < 1.29 is 0 Å². The number of imidazole rings is 1. The predicted molar refractivity (Wildman–Crippen MR) is 161 cm³/mol. The maximum atomic E-state index is 4.99. The minimum Gasteiger partial charge on any atom is -0.327 e. The predicted octanol–water partition coefficient (Wildman–Crippen LogP) is 8.55. The minimum atomic E-state index is 0.960. The molecule has 0 N–H and O–H groups in total. The first-order chi connectivity index (χ1) is 19.2. The molecule has 8 rings (SSSR count). The Kier molecular flexibility index (Phi) is 4.70. The summed E-state index contributed by atoms with van der Waals surface area (Å²) < 4.78 is 4.56. The smallest absolute Gasteiger partial charge is 0.140 e. The van der Waals surface area contributed by atoms with E-state index in [4.69, 9.17) is 4.98 Å². The fourth-order valence-electron chi connectivity index (χ4n) is 5.86. The van der Waals surface area contributed by atoms with Crippen LogP contribution < -0.4 is 0 Å². The van der Waals surface area contributed by atoms with Gasteiger partial charge < -0.3 is 9.13 Å². The maximum Gasteiger partial charge on any atom is 0.140 e. The van der Waals surface area contributed by atoms with Crippen LogP contribution in [0.15, 0.2) is 128 Å². The molecule has 4 nitrogen and oxygen atoms in total. The summed E-state index contributed by atoms with van der Waals surface area (Å²) in [6, 6.07) is 43.0. The van der Waals surface area contributed by atoms with Crippen molar-refractivity contribution >= 4 is 43.6 Å². The monoisotopic (exact) mass is 500 g/mol. The van der Waals surface area contributed by atoms with E-state index in [2.05, 4.69) is 124 Å². The van der Waals surface area contributed by atoms with E-state index in [1.165, 1.54) is 27.1 Å². The van der Waals surface area contributed by atoms with Gasteiger partial charge in [0, 0.05) is 40.8 Å². The zero-order chi connectivity index (χ0) is 25.9. The van der Waals surface area contributed by atoms with Gasteiger partial charge >= 0.3 is 0 Å². The van der Waals surface area contributed by atoms with Gasteiger partial charge in [0.1, 0.15) is 5.82 Å². The summed E-state index contributed by atoms with van der Waals surface area (Å²) >= 11 is 0. The van der Waals surface area contributed by atoms with Crippen molar-refractivity contribution in [2.24, 2.45) is 7.05 Å². The standard InChI is InChI=1S/C35H24N4/c1-38-32-15-5-4-14-31(32)37-35(38)26-16-17-28-29-20-23-9-2-3-10-24(23)21-34(29)39(33(28)22-26)27-12-8-11-25(19-27)30-13-6-7-18-36-30/h2-22H,1H3. The molecule has 0 amide bonds. The zero-order valence-electron chi connectivity index (χ0n) is 21.4. The number of aromatic nitrogens is 4. The number of pyridine rings is 1. The summed E-state index contributed by atoms with van der Waals surface area (Å²) in [4.78, 5) is 9.59. The second-order valence-corrected chi connectivity index (χ2v) is 10.0. The molecule has 0 aliphatic rings. The Labute approximate surface area is 225 Å². The molecule has 0 aliphatic carbocycles. The van der Waals surface area contributed by atoms with Gasteiger partial charge in [0.15, 0.2) is 0 Å². The molecule has 0 aliphatic heterocycles. The third-order valence-corrected chi connectivity index (χ3v) is 7.74. The maximum absolute atomic E-state index is 4.99. The number of nitrogens with zero attached hydrogens (tertiary/aromatic N) is 4. The molecule has 0 unspecified atom stereocenters. The molecule has 3 heterocycles. The van der Waals surface area contributed by atoms with Gasteiger partial charge in [0.2, 0.25) is 0 Å². The normalized spacial score (nSPS) is 11.7. The molecular weight excluding hydrogens is 476 g/mol. The van der Waals surface area contributed by atoms with E-state index in [0.29, 0.717) is 0 Å². The van der Waals surface area contributed by atoms with Gasteiger partial charge in [-0.15, -0.1) is 0 Å². The number of para-hydroxylation sites is 2. The fraction of sp³-hybridized carbons (Fsp3) is 0.0286. The molecule has 8 aromatic rings. The van der Waals surface area contributed by atoms with Gasteiger partial charge in [0.05, 0.1) is 27.8 Å². The zero-order valence-corrected chi connectivity index (χ0v) is 21.4. The second-order valence-electron chi connectivity index (χ2n) is 10.0. The van der Waals surface area contributed by atoms with E-state index in [1.54, 1.807) is 0 Å². The van der Waals surface area contributed by atoms with Crippen LogP contribution in [0.5, 0.6) is 0 Å². The number of benzene rings is 5. The lowest BCUT2D eigenvalue weighted by Gasteiger charge is -2.11. The topological polar surface area (TPSA) is 35.6 Å². The lowest BCUT2D eigenvalue weighted by atomic mass is 10.1. The van der Waals surface area contributed by atoms with Crippen LogP contribution in [0.2, 0.25) is 0 Å². The first-order valence-electron chi connectivity index (χ1n) is 13.2. The second kappa shape index (κ2) is 8.40. The van der Waals surface area contributed by atoms with Crippen LogP contribution >= 0.6 is 0 Å². The number of hydrogen-bond donors (Lipinski definition) is 0. The van der Waals surface area contributed by atoms with Gasteiger partial charge in [0.25, 0.3) is 0 Å². The van der Waals surface area contributed by atoms with Gasteiger partial charge in [-0.2, -0.15) is 0 Å². The number of aryl methyl sites for hydroxylation is 1. The van der Waals surface area contributed by atoms with Crippen molar-refractivity contribution in [2.45, 2.75) is 0 Å². The highest BCUT2D eigenvalue weighted by Gasteiger charge is 2.17. The Hall–Kier alpha value is -5.22. The van der Waals surface area contributed by atoms with E-state index < -0.39 is 0 Å². The third-order valence-electron chi connectivity index (χ3n) is 7.74. The van der Waals surface area contributed by atoms with Gasteiger partial charge in [-0.05, 0) is 65.4 Å². The van der Waals surface area contributed by atoms with E-state index >= 15 is 0 Å². The average Bonchev–Trinajstić information content (AvgIpc) is 3.50. The highest BCUT2D eigenvalue weighted by atomic mass is 15.1. The first kappa shape index (κ1) is 21.8. The molecule has 0 fully saturated rings. The van der Waals surface area contributed by atoms with Crippen LogP contribution in [0.25, 0.3) is 71.9 Å². The van der Waals surface area contributed by atoms with Crippen LogP contribution in [0.3, 0.4) is 0 Å². The van der Waals surface area contributed by atoms with E-state index in [1.807, 2.05) is 24.4 Å². The molecule has 184 valence electrons. The van der Waals surface area contributed by atoms with Crippen LogP contribution in [0.1, 0.15) is 0 Å². The Bertz CT molecular complexity index is 2180. The molecular formula is C35H24N4. The van der Waals surface area contributed by atoms with E-state index in [0.717, 1.165) is 44.9 Å². The van der Waals surface area contributed by atoms with Crippen LogP contribution in [0, 0.1) is 0 Å². The molecule has 5 aromatic carbocycles. The Morgan fingerprint density at radius 3 is 2.21 bits per heavy atom. The summed E-state index contributed by atoms with van der Waals surface area (Å²) in [6.45, 7) is 0. The van der Waals surface area contributed by atoms with Gasteiger partial charge in [-0.3, -0.25) is 4.98 Å². The molecule has 0 radical (unpaired) electrons. The molecule has 0 saturated carbocycles. The van der Waals surface area contributed by atoms with Crippen molar-refractivity contribution in [3.63, 3.8) is 0 Å². The summed E-state index contributed by atoms with van der Waals surface area (Å²) in [5, 5.41) is 4.93. The summed E-state index contributed by atoms with van der Waals surface area (Å²) in [6.07, 6.45) is 1.84.